The summed E-state index contributed by atoms with van der Waals surface area (Å²) < 4.78 is 0. The molecule has 0 aliphatic carbocycles. The molecule has 0 aliphatic rings. The standard InChI is InChI=1S/C9H11NO.ClH/c1-10(2)9-5-3-8(7-11)4-6-9;/h3-7H,1-2H3;1H. The zero-order valence-electron chi connectivity index (χ0n) is 7.15. The number of halogens is 1. The van der Waals surface area contributed by atoms with Crippen LogP contribution in [0.1, 0.15) is 10.4 Å². The fourth-order valence-electron chi connectivity index (χ4n) is 0.851. The van der Waals surface area contributed by atoms with Gasteiger partial charge < -0.3 is 4.90 Å². The van der Waals surface area contributed by atoms with E-state index in [1.807, 2.05) is 43.3 Å². The summed E-state index contributed by atoms with van der Waals surface area (Å²) in [5.74, 6) is 0. The average Bonchev–Trinajstić information content (AvgIpc) is 2.05. The summed E-state index contributed by atoms with van der Waals surface area (Å²) in [6.07, 6.45) is 0.847. The lowest BCUT2D eigenvalue weighted by Crippen LogP contribution is -2.08. The third kappa shape index (κ3) is 2.55. The SMILES string of the molecule is CN(C)c1ccc(C=O)cc1.Cl. The van der Waals surface area contributed by atoms with Crippen molar-refractivity contribution in [2.75, 3.05) is 19.0 Å². The molecule has 0 saturated carbocycles. The number of carbonyl (C=O) groups excluding carboxylic acids is 1. The summed E-state index contributed by atoms with van der Waals surface area (Å²) in [4.78, 5) is 12.3. The van der Waals surface area contributed by atoms with Gasteiger partial charge in [0.15, 0.2) is 0 Å². The molecule has 0 heterocycles. The predicted molar refractivity (Wildman–Crippen MR) is 53.4 cm³/mol. The summed E-state index contributed by atoms with van der Waals surface area (Å²) in [6, 6.07) is 7.46. The van der Waals surface area contributed by atoms with Gasteiger partial charge in [-0.3, -0.25) is 4.79 Å². The van der Waals surface area contributed by atoms with Gasteiger partial charge in [0.05, 0.1) is 0 Å². The maximum atomic E-state index is 10.3. The molecule has 0 radical (unpaired) electrons. The van der Waals surface area contributed by atoms with Crippen molar-refractivity contribution in [2.24, 2.45) is 0 Å². The second kappa shape index (κ2) is 4.78. The van der Waals surface area contributed by atoms with E-state index in [0.717, 1.165) is 17.5 Å². The Balaban J connectivity index is 0.00000121. The second-order valence-electron chi connectivity index (χ2n) is 2.60. The Morgan fingerprint density at radius 2 is 1.67 bits per heavy atom. The van der Waals surface area contributed by atoms with Gasteiger partial charge in [0, 0.05) is 25.3 Å². The Bertz CT molecular complexity index is 243. The molecule has 0 amide bonds. The summed E-state index contributed by atoms with van der Waals surface area (Å²) in [7, 11) is 3.94. The zero-order chi connectivity index (χ0) is 8.27. The Labute approximate surface area is 78.6 Å². The molecule has 3 heteroatoms. The summed E-state index contributed by atoms with van der Waals surface area (Å²) >= 11 is 0. The van der Waals surface area contributed by atoms with Crippen molar-refractivity contribution in [1.29, 1.82) is 0 Å². The lowest BCUT2D eigenvalue weighted by molar-refractivity contribution is 0.112. The van der Waals surface area contributed by atoms with E-state index in [1.54, 1.807) is 0 Å². The third-order valence-electron chi connectivity index (χ3n) is 1.55. The number of benzene rings is 1. The zero-order valence-corrected chi connectivity index (χ0v) is 7.97. The molecule has 2 nitrogen and oxygen atoms in total. The van der Waals surface area contributed by atoms with E-state index in [4.69, 9.17) is 0 Å². The van der Waals surface area contributed by atoms with Crippen LogP contribution >= 0.6 is 12.4 Å². The van der Waals surface area contributed by atoms with Crippen molar-refractivity contribution >= 4 is 24.4 Å². The normalized spacial score (nSPS) is 8.50. The number of nitrogens with zero attached hydrogens (tertiary/aromatic N) is 1. The van der Waals surface area contributed by atoms with Gasteiger partial charge in [0.2, 0.25) is 0 Å². The van der Waals surface area contributed by atoms with Crippen molar-refractivity contribution in [3.05, 3.63) is 29.8 Å². The predicted octanol–water partition coefficient (Wildman–Crippen LogP) is 1.99. The van der Waals surface area contributed by atoms with Crippen LogP contribution in [-0.4, -0.2) is 20.4 Å². The van der Waals surface area contributed by atoms with Crippen molar-refractivity contribution in [2.45, 2.75) is 0 Å². The second-order valence-corrected chi connectivity index (χ2v) is 2.60. The number of hydrogen-bond donors (Lipinski definition) is 0. The molecule has 0 fully saturated rings. The van der Waals surface area contributed by atoms with Crippen molar-refractivity contribution < 1.29 is 4.79 Å². The van der Waals surface area contributed by atoms with Crippen molar-refractivity contribution in [3.8, 4) is 0 Å². The average molecular weight is 186 g/mol. The van der Waals surface area contributed by atoms with Crippen LogP contribution in [0.5, 0.6) is 0 Å². The number of hydrogen-bond acceptors (Lipinski definition) is 2. The van der Waals surface area contributed by atoms with E-state index >= 15 is 0 Å². The lowest BCUT2D eigenvalue weighted by Gasteiger charge is -2.11. The van der Waals surface area contributed by atoms with Crippen molar-refractivity contribution in [3.63, 3.8) is 0 Å². The molecule has 1 rings (SSSR count). The number of carbonyl (C=O) groups is 1. The highest BCUT2D eigenvalue weighted by molar-refractivity contribution is 5.85. The topological polar surface area (TPSA) is 20.3 Å². The van der Waals surface area contributed by atoms with Crippen LogP contribution in [-0.2, 0) is 0 Å². The van der Waals surface area contributed by atoms with Crippen LogP contribution in [0.4, 0.5) is 5.69 Å². The first-order chi connectivity index (χ1) is 5.24. The van der Waals surface area contributed by atoms with Crippen LogP contribution in [0.15, 0.2) is 24.3 Å². The molecule has 0 saturated heterocycles. The van der Waals surface area contributed by atoms with Gasteiger partial charge in [-0.25, -0.2) is 0 Å². The Kier molecular flexibility index (Phi) is 4.37. The molecule has 0 spiro atoms. The number of aldehydes is 1. The van der Waals surface area contributed by atoms with Crippen LogP contribution < -0.4 is 4.90 Å². The molecule has 0 atom stereocenters. The van der Waals surface area contributed by atoms with Crippen LogP contribution in [0, 0.1) is 0 Å². The fourth-order valence-corrected chi connectivity index (χ4v) is 0.851. The fraction of sp³-hybridized carbons (Fsp3) is 0.222. The molecular weight excluding hydrogens is 174 g/mol. The van der Waals surface area contributed by atoms with Gasteiger partial charge in [-0.15, -0.1) is 12.4 Å². The Hall–Kier alpha value is -1.02. The summed E-state index contributed by atoms with van der Waals surface area (Å²) in [5.41, 5.74) is 1.83. The van der Waals surface area contributed by atoms with Crippen LogP contribution in [0.2, 0.25) is 0 Å². The maximum Gasteiger partial charge on any atom is 0.150 e. The van der Waals surface area contributed by atoms with Crippen LogP contribution in [0.25, 0.3) is 0 Å². The van der Waals surface area contributed by atoms with E-state index in [-0.39, 0.29) is 12.4 Å². The summed E-state index contributed by atoms with van der Waals surface area (Å²) in [5, 5.41) is 0. The first-order valence-corrected chi connectivity index (χ1v) is 3.46. The van der Waals surface area contributed by atoms with Gasteiger partial charge in [-0.1, -0.05) is 0 Å². The highest BCUT2D eigenvalue weighted by atomic mass is 35.5. The van der Waals surface area contributed by atoms with E-state index in [1.165, 1.54) is 0 Å². The quantitative estimate of drug-likeness (QED) is 0.657. The van der Waals surface area contributed by atoms with E-state index in [9.17, 15) is 4.79 Å². The number of anilines is 1. The molecule has 0 bridgehead atoms. The first-order valence-electron chi connectivity index (χ1n) is 3.46. The van der Waals surface area contributed by atoms with Crippen LogP contribution in [0.3, 0.4) is 0 Å². The summed E-state index contributed by atoms with van der Waals surface area (Å²) in [6.45, 7) is 0. The maximum absolute atomic E-state index is 10.3. The molecule has 66 valence electrons. The molecule has 0 N–H and O–H groups in total. The van der Waals surface area contributed by atoms with E-state index < -0.39 is 0 Å². The highest BCUT2D eigenvalue weighted by Gasteiger charge is 1.93. The Morgan fingerprint density at radius 1 is 1.17 bits per heavy atom. The third-order valence-corrected chi connectivity index (χ3v) is 1.55. The van der Waals surface area contributed by atoms with Gasteiger partial charge in [0.25, 0.3) is 0 Å². The molecule has 0 unspecified atom stereocenters. The highest BCUT2D eigenvalue weighted by Crippen LogP contribution is 2.10. The van der Waals surface area contributed by atoms with Gasteiger partial charge in [0.1, 0.15) is 6.29 Å². The monoisotopic (exact) mass is 185 g/mol. The largest absolute Gasteiger partial charge is 0.378 e. The van der Waals surface area contributed by atoms with Gasteiger partial charge in [-0.05, 0) is 24.3 Å². The van der Waals surface area contributed by atoms with E-state index in [0.29, 0.717) is 0 Å². The molecule has 0 aliphatic heterocycles. The smallest absolute Gasteiger partial charge is 0.150 e. The lowest BCUT2D eigenvalue weighted by atomic mass is 10.2. The van der Waals surface area contributed by atoms with Gasteiger partial charge >= 0.3 is 0 Å². The molecule has 0 aromatic heterocycles. The Morgan fingerprint density at radius 3 is 2.00 bits per heavy atom. The molecule has 1 aromatic carbocycles. The number of rotatable bonds is 2. The minimum atomic E-state index is 0. The van der Waals surface area contributed by atoms with Gasteiger partial charge in [-0.2, -0.15) is 0 Å². The van der Waals surface area contributed by atoms with Crippen molar-refractivity contribution in [1.82, 2.24) is 0 Å². The minimum Gasteiger partial charge on any atom is -0.378 e. The molecule has 1 aromatic rings. The first kappa shape index (κ1) is 11.0. The minimum absolute atomic E-state index is 0. The molecular formula is C9H12ClNO. The molecule has 12 heavy (non-hydrogen) atoms. The van der Waals surface area contributed by atoms with E-state index in [2.05, 4.69) is 0 Å².